The number of halogens is 2. The summed E-state index contributed by atoms with van der Waals surface area (Å²) in [6.45, 7) is -0.229. The molecule has 2 aromatic heterocycles. The Kier molecular flexibility index (Phi) is 3.93. The summed E-state index contributed by atoms with van der Waals surface area (Å²) >= 11 is 5.87. The standard InChI is InChI=1S/C10H12ClFN6/c1-13-9-8(11)5-14-10(17-9)16-7-4-15-18(6-7)3-2-12/h4-6H,2-3H2,1H3,(H2,13,14,16,17). The van der Waals surface area contributed by atoms with Gasteiger partial charge in [-0.05, 0) is 0 Å². The second-order valence-electron chi connectivity index (χ2n) is 3.45. The van der Waals surface area contributed by atoms with E-state index in [2.05, 4.69) is 25.7 Å². The summed E-state index contributed by atoms with van der Waals surface area (Å²) in [5, 5.41) is 10.2. The molecule has 0 saturated carbocycles. The van der Waals surface area contributed by atoms with E-state index in [1.54, 1.807) is 19.4 Å². The molecule has 2 rings (SSSR count). The molecule has 0 atom stereocenters. The number of alkyl halides is 1. The first kappa shape index (κ1) is 12.6. The van der Waals surface area contributed by atoms with Crippen molar-refractivity contribution in [1.29, 1.82) is 0 Å². The molecule has 96 valence electrons. The van der Waals surface area contributed by atoms with Crippen LogP contribution in [0.4, 0.5) is 21.8 Å². The Labute approximate surface area is 108 Å². The number of rotatable bonds is 5. The third kappa shape index (κ3) is 2.86. The van der Waals surface area contributed by atoms with E-state index in [1.165, 1.54) is 10.9 Å². The Balaban J connectivity index is 2.12. The van der Waals surface area contributed by atoms with Crippen molar-refractivity contribution in [3.8, 4) is 0 Å². The van der Waals surface area contributed by atoms with Crippen LogP contribution in [0.1, 0.15) is 0 Å². The number of nitrogens with zero attached hydrogens (tertiary/aromatic N) is 4. The molecule has 0 spiro atoms. The number of aryl methyl sites for hydroxylation is 1. The van der Waals surface area contributed by atoms with Crippen LogP contribution in [0, 0.1) is 0 Å². The van der Waals surface area contributed by atoms with Crippen LogP contribution < -0.4 is 10.6 Å². The average molecular weight is 271 g/mol. The van der Waals surface area contributed by atoms with Crippen molar-refractivity contribution in [2.45, 2.75) is 6.54 Å². The van der Waals surface area contributed by atoms with E-state index in [0.29, 0.717) is 22.5 Å². The molecule has 0 saturated heterocycles. The zero-order valence-electron chi connectivity index (χ0n) is 9.69. The van der Waals surface area contributed by atoms with Crippen molar-refractivity contribution in [2.24, 2.45) is 0 Å². The van der Waals surface area contributed by atoms with Crippen molar-refractivity contribution in [3.05, 3.63) is 23.6 Å². The van der Waals surface area contributed by atoms with Gasteiger partial charge in [-0.25, -0.2) is 9.37 Å². The van der Waals surface area contributed by atoms with Gasteiger partial charge >= 0.3 is 0 Å². The molecular weight excluding hydrogens is 259 g/mol. The van der Waals surface area contributed by atoms with Crippen molar-refractivity contribution >= 4 is 29.1 Å². The van der Waals surface area contributed by atoms with Crippen LogP contribution in [0.2, 0.25) is 5.02 Å². The van der Waals surface area contributed by atoms with Crippen LogP contribution in [0.3, 0.4) is 0 Å². The molecule has 0 aliphatic carbocycles. The molecule has 8 heteroatoms. The minimum atomic E-state index is -0.456. The highest BCUT2D eigenvalue weighted by Crippen LogP contribution is 2.20. The summed E-state index contributed by atoms with van der Waals surface area (Å²) in [5.74, 6) is 0.925. The van der Waals surface area contributed by atoms with Crippen molar-refractivity contribution < 1.29 is 4.39 Å². The first-order chi connectivity index (χ1) is 8.72. The topological polar surface area (TPSA) is 67.7 Å². The highest BCUT2D eigenvalue weighted by atomic mass is 35.5. The molecule has 0 unspecified atom stereocenters. The third-order valence-corrected chi connectivity index (χ3v) is 2.46. The average Bonchev–Trinajstić information content (AvgIpc) is 2.80. The molecule has 0 amide bonds. The van der Waals surface area contributed by atoms with Crippen LogP contribution in [-0.4, -0.2) is 33.5 Å². The Morgan fingerprint density at radius 2 is 2.28 bits per heavy atom. The minimum absolute atomic E-state index is 0.227. The molecular formula is C10H12ClFN6. The van der Waals surface area contributed by atoms with Gasteiger partial charge in [0.05, 0.1) is 24.6 Å². The lowest BCUT2D eigenvalue weighted by molar-refractivity contribution is 0.427. The zero-order chi connectivity index (χ0) is 13.0. The van der Waals surface area contributed by atoms with Crippen molar-refractivity contribution in [3.63, 3.8) is 0 Å². The maximum atomic E-state index is 12.1. The molecule has 2 aromatic rings. The SMILES string of the molecule is CNc1nc(Nc2cnn(CCF)c2)ncc1Cl. The summed E-state index contributed by atoms with van der Waals surface area (Å²) in [6, 6.07) is 0. The van der Waals surface area contributed by atoms with Gasteiger partial charge in [0.2, 0.25) is 5.95 Å². The van der Waals surface area contributed by atoms with Gasteiger partial charge in [0.15, 0.2) is 0 Å². The van der Waals surface area contributed by atoms with Crippen molar-refractivity contribution in [2.75, 3.05) is 24.4 Å². The summed E-state index contributed by atoms with van der Waals surface area (Å²) in [4.78, 5) is 8.20. The predicted octanol–water partition coefficient (Wildman–Crippen LogP) is 2.08. The van der Waals surface area contributed by atoms with Crippen molar-refractivity contribution in [1.82, 2.24) is 19.7 Å². The lowest BCUT2D eigenvalue weighted by Crippen LogP contribution is -2.01. The maximum Gasteiger partial charge on any atom is 0.229 e. The van der Waals surface area contributed by atoms with Gasteiger partial charge in [-0.2, -0.15) is 10.1 Å². The second-order valence-corrected chi connectivity index (χ2v) is 3.85. The third-order valence-electron chi connectivity index (χ3n) is 2.18. The van der Waals surface area contributed by atoms with Crippen LogP contribution in [0.25, 0.3) is 0 Å². The smallest absolute Gasteiger partial charge is 0.229 e. The molecule has 0 aliphatic heterocycles. The summed E-state index contributed by atoms with van der Waals surface area (Å²) in [5.41, 5.74) is 0.688. The monoisotopic (exact) mass is 270 g/mol. The predicted molar refractivity (Wildman–Crippen MR) is 68.1 cm³/mol. The van der Waals surface area contributed by atoms with E-state index >= 15 is 0 Å². The fourth-order valence-electron chi connectivity index (χ4n) is 1.37. The molecule has 18 heavy (non-hydrogen) atoms. The van der Waals surface area contributed by atoms with E-state index < -0.39 is 6.67 Å². The number of anilines is 3. The molecule has 0 aliphatic rings. The highest BCUT2D eigenvalue weighted by Gasteiger charge is 2.05. The van der Waals surface area contributed by atoms with Gasteiger partial charge in [0.1, 0.15) is 17.5 Å². The number of aromatic nitrogens is 4. The summed E-state index contributed by atoms with van der Waals surface area (Å²) < 4.78 is 13.6. The Morgan fingerprint density at radius 3 is 3.00 bits per heavy atom. The largest absolute Gasteiger partial charge is 0.372 e. The summed E-state index contributed by atoms with van der Waals surface area (Å²) in [6.07, 6.45) is 4.75. The Bertz CT molecular complexity index is 529. The van der Waals surface area contributed by atoms with Gasteiger partial charge in [-0.15, -0.1) is 0 Å². The lowest BCUT2D eigenvalue weighted by Gasteiger charge is -2.05. The fourth-order valence-corrected chi connectivity index (χ4v) is 1.55. The van der Waals surface area contributed by atoms with Gasteiger partial charge in [0, 0.05) is 13.2 Å². The van der Waals surface area contributed by atoms with Crippen LogP contribution in [0.15, 0.2) is 18.6 Å². The van der Waals surface area contributed by atoms with E-state index in [0.717, 1.165) is 0 Å². The number of nitrogens with one attached hydrogen (secondary N) is 2. The fraction of sp³-hybridized carbons (Fsp3) is 0.300. The lowest BCUT2D eigenvalue weighted by atomic mass is 10.5. The van der Waals surface area contributed by atoms with E-state index in [1.807, 2.05) is 0 Å². The Hall–Kier alpha value is -1.89. The van der Waals surface area contributed by atoms with E-state index in [-0.39, 0.29) is 6.54 Å². The van der Waals surface area contributed by atoms with Crippen LogP contribution in [-0.2, 0) is 6.54 Å². The molecule has 0 fully saturated rings. The second kappa shape index (κ2) is 5.63. The Morgan fingerprint density at radius 1 is 1.44 bits per heavy atom. The normalized spacial score (nSPS) is 10.4. The van der Waals surface area contributed by atoms with Crippen LogP contribution in [0.5, 0.6) is 0 Å². The first-order valence-corrected chi connectivity index (χ1v) is 5.66. The number of hydrogen-bond acceptors (Lipinski definition) is 5. The van der Waals surface area contributed by atoms with Gasteiger partial charge in [0.25, 0.3) is 0 Å². The van der Waals surface area contributed by atoms with Gasteiger partial charge < -0.3 is 10.6 Å². The number of hydrogen-bond donors (Lipinski definition) is 2. The van der Waals surface area contributed by atoms with E-state index in [9.17, 15) is 4.39 Å². The maximum absolute atomic E-state index is 12.1. The van der Waals surface area contributed by atoms with Crippen LogP contribution >= 0.6 is 11.6 Å². The molecule has 0 aromatic carbocycles. The zero-order valence-corrected chi connectivity index (χ0v) is 10.4. The highest BCUT2D eigenvalue weighted by molar-refractivity contribution is 6.32. The first-order valence-electron chi connectivity index (χ1n) is 5.28. The molecule has 2 heterocycles. The quantitative estimate of drug-likeness (QED) is 0.871. The van der Waals surface area contributed by atoms with E-state index in [4.69, 9.17) is 11.6 Å². The molecule has 6 nitrogen and oxygen atoms in total. The van der Waals surface area contributed by atoms with Gasteiger partial charge in [-0.3, -0.25) is 4.68 Å². The minimum Gasteiger partial charge on any atom is -0.372 e. The van der Waals surface area contributed by atoms with Gasteiger partial charge in [-0.1, -0.05) is 11.6 Å². The molecule has 2 N–H and O–H groups in total. The summed E-state index contributed by atoms with van der Waals surface area (Å²) in [7, 11) is 1.72. The molecule has 0 bridgehead atoms. The molecule has 0 radical (unpaired) electrons.